The van der Waals surface area contributed by atoms with Gasteiger partial charge in [0.2, 0.25) is 5.82 Å². The Kier molecular flexibility index (Phi) is 5.70. The second-order valence-corrected chi connectivity index (χ2v) is 7.67. The molecule has 0 radical (unpaired) electrons. The molecular formula is C23H18ClN5O3. The summed E-state index contributed by atoms with van der Waals surface area (Å²) in [6.45, 7) is 3.95. The minimum atomic E-state index is -0.579. The van der Waals surface area contributed by atoms with Crippen molar-refractivity contribution in [2.24, 2.45) is 0 Å². The van der Waals surface area contributed by atoms with E-state index in [1.165, 1.54) is 18.2 Å². The average Bonchev–Trinajstić information content (AvgIpc) is 3.20. The van der Waals surface area contributed by atoms with Gasteiger partial charge in [-0.2, -0.15) is 0 Å². The van der Waals surface area contributed by atoms with Crippen LogP contribution in [0.1, 0.15) is 21.7 Å². The van der Waals surface area contributed by atoms with Crippen molar-refractivity contribution < 1.29 is 9.72 Å². The van der Waals surface area contributed by atoms with Crippen LogP contribution in [0.2, 0.25) is 5.02 Å². The number of nitrogens with one attached hydrogen (secondary N) is 1. The third-order valence-electron chi connectivity index (χ3n) is 4.81. The van der Waals surface area contributed by atoms with E-state index in [-0.39, 0.29) is 17.2 Å². The number of hydrogen-bond acceptors (Lipinski definition) is 5. The molecule has 160 valence electrons. The second-order valence-electron chi connectivity index (χ2n) is 7.23. The minimum absolute atomic E-state index is 0.0681. The molecule has 9 heteroatoms. The van der Waals surface area contributed by atoms with Gasteiger partial charge < -0.3 is 5.32 Å². The van der Waals surface area contributed by atoms with Crippen LogP contribution in [-0.2, 0) is 0 Å². The highest BCUT2D eigenvalue weighted by Gasteiger charge is 2.20. The van der Waals surface area contributed by atoms with Crippen LogP contribution in [0.5, 0.6) is 0 Å². The van der Waals surface area contributed by atoms with Gasteiger partial charge in [0, 0.05) is 28.4 Å². The van der Waals surface area contributed by atoms with Crippen molar-refractivity contribution in [3.05, 3.63) is 98.8 Å². The van der Waals surface area contributed by atoms with Crippen LogP contribution in [-0.4, -0.2) is 25.6 Å². The van der Waals surface area contributed by atoms with Gasteiger partial charge in [-0.05, 0) is 55.8 Å². The molecule has 0 aliphatic rings. The van der Waals surface area contributed by atoms with Gasteiger partial charge in [0.05, 0.1) is 10.6 Å². The second kappa shape index (κ2) is 8.60. The number of aryl methyl sites for hydroxylation is 2. The monoisotopic (exact) mass is 447 g/mol. The number of nitrogens with zero attached hydrogens (tertiary/aromatic N) is 4. The first kappa shape index (κ1) is 21.2. The van der Waals surface area contributed by atoms with Crippen LogP contribution in [0.15, 0.2) is 66.7 Å². The predicted molar refractivity (Wildman–Crippen MR) is 122 cm³/mol. The number of hydrogen-bond donors (Lipinski definition) is 1. The number of carbonyl (C=O) groups is 1. The molecule has 0 aliphatic carbocycles. The largest absolute Gasteiger partial charge is 0.319 e. The van der Waals surface area contributed by atoms with E-state index >= 15 is 0 Å². The standard InChI is InChI=1S/C23H18ClN5O3/c1-14-6-11-20(15(2)12-14)28-22(16-7-9-17(24)10-8-16)26-21(27-28)23(30)25-18-4-3-5-19(13-18)29(31)32/h3-13H,1-2H3,(H,25,30). The number of nitro groups is 1. The molecule has 1 heterocycles. The van der Waals surface area contributed by atoms with Gasteiger partial charge in [-0.3, -0.25) is 14.9 Å². The Morgan fingerprint density at radius 2 is 1.81 bits per heavy atom. The molecule has 1 amide bonds. The van der Waals surface area contributed by atoms with E-state index in [1.807, 2.05) is 32.0 Å². The summed E-state index contributed by atoms with van der Waals surface area (Å²) in [5.41, 5.74) is 3.73. The van der Waals surface area contributed by atoms with E-state index in [4.69, 9.17) is 11.6 Å². The molecule has 0 bridgehead atoms. The molecule has 4 rings (SSSR count). The Bertz CT molecular complexity index is 1330. The fourth-order valence-corrected chi connectivity index (χ4v) is 3.42. The third-order valence-corrected chi connectivity index (χ3v) is 5.06. The van der Waals surface area contributed by atoms with E-state index in [2.05, 4.69) is 15.4 Å². The highest BCUT2D eigenvalue weighted by atomic mass is 35.5. The van der Waals surface area contributed by atoms with Crippen molar-refractivity contribution >= 4 is 28.9 Å². The van der Waals surface area contributed by atoms with E-state index in [0.717, 1.165) is 22.4 Å². The molecule has 0 atom stereocenters. The van der Waals surface area contributed by atoms with Crippen LogP contribution in [0.25, 0.3) is 17.1 Å². The van der Waals surface area contributed by atoms with Crippen LogP contribution >= 0.6 is 11.6 Å². The highest BCUT2D eigenvalue weighted by Crippen LogP contribution is 2.26. The van der Waals surface area contributed by atoms with Gasteiger partial charge >= 0.3 is 0 Å². The summed E-state index contributed by atoms with van der Waals surface area (Å²) in [6.07, 6.45) is 0. The summed E-state index contributed by atoms with van der Waals surface area (Å²) >= 11 is 6.02. The number of rotatable bonds is 5. The maximum absolute atomic E-state index is 12.9. The molecule has 0 fully saturated rings. The molecule has 1 aromatic heterocycles. The van der Waals surface area contributed by atoms with E-state index < -0.39 is 10.8 Å². The number of carbonyl (C=O) groups excluding carboxylic acids is 1. The number of non-ortho nitro benzene ring substituents is 1. The number of aromatic nitrogens is 3. The first-order chi connectivity index (χ1) is 15.3. The first-order valence-electron chi connectivity index (χ1n) is 9.68. The molecule has 3 aromatic carbocycles. The summed E-state index contributed by atoms with van der Waals surface area (Å²) in [5.74, 6) is -0.177. The topological polar surface area (TPSA) is 103 Å². The molecule has 0 unspecified atom stereocenters. The van der Waals surface area contributed by atoms with Crippen LogP contribution in [0.4, 0.5) is 11.4 Å². The number of anilines is 1. The molecule has 32 heavy (non-hydrogen) atoms. The summed E-state index contributed by atoms with van der Waals surface area (Å²) < 4.78 is 1.61. The van der Waals surface area contributed by atoms with E-state index in [9.17, 15) is 14.9 Å². The Hall–Kier alpha value is -4.04. The summed E-state index contributed by atoms with van der Waals surface area (Å²) in [6, 6.07) is 18.6. The average molecular weight is 448 g/mol. The predicted octanol–water partition coefficient (Wildman–Crippen LogP) is 5.37. The normalized spacial score (nSPS) is 10.7. The molecular weight excluding hydrogens is 430 g/mol. The lowest BCUT2D eigenvalue weighted by molar-refractivity contribution is -0.384. The van der Waals surface area contributed by atoms with Crippen molar-refractivity contribution in [1.82, 2.24) is 14.8 Å². The van der Waals surface area contributed by atoms with Crippen molar-refractivity contribution in [3.63, 3.8) is 0 Å². The molecule has 0 aliphatic heterocycles. The molecule has 0 saturated carbocycles. The summed E-state index contributed by atoms with van der Waals surface area (Å²) in [4.78, 5) is 27.8. The maximum atomic E-state index is 12.9. The van der Waals surface area contributed by atoms with Crippen molar-refractivity contribution in [2.45, 2.75) is 13.8 Å². The van der Waals surface area contributed by atoms with Crippen molar-refractivity contribution in [1.29, 1.82) is 0 Å². The Morgan fingerprint density at radius 1 is 1.06 bits per heavy atom. The fraction of sp³-hybridized carbons (Fsp3) is 0.0870. The van der Waals surface area contributed by atoms with Crippen molar-refractivity contribution in [2.75, 3.05) is 5.32 Å². The first-order valence-corrected chi connectivity index (χ1v) is 10.1. The number of amides is 1. The Labute approximate surface area is 188 Å². The molecule has 0 saturated heterocycles. The number of nitro benzene ring substituents is 1. The lowest BCUT2D eigenvalue weighted by Gasteiger charge is -2.10. The molecule has 4 aromatic rings. The van der Waals surface area contributed by atoms with E-state index in [0.29, 0.717) is 10.8 Å². The Morgan fingerprint density at radius 3 is 2.50 bits per heavy atom. The quantitative estimate of drug-likeness (QED) is 0.327. The zero-order valence-corrected chi connectivity index (χ0v) is 18.0. The van der Waals surface area contributed by atoms with Gasteiger partial charge in [-0.15, -0.1) is 5.10 Å². The lowest BCUT2D eigenvalue weighted by atomic mass is 10.1. The van der Waals surface area contributed by atoms with Gasteiger partial charge in [0.15, 0.2) is 5.82 Å². The summed E-state index contributed by atoms with van der Waals surface area (Å²) in [5, 5.41) is 18.7. The zero-order chi connectivity index (χ0) is 22.8. The lowest BCUT2D eigenvalue weighted by Crippen LogP contribution is -2.14. The minimum Gasteiger partial charge on any atom is -0.319 e. The van der Waals surface area contributed by atoms with Gasteiger partial charge in [0.25, 0.3) is 11.6 Å². The number of benzene rings is 3. The smallest absolute Gasteiger partial charge is 0.295 e. The molecule has 1 N–H and O–H groups in total. The number of halogens is 1. The molecule has 8 nitrogen and oxygen atoms in total. The van der Waals surface area contributed by atoms with Gasteiger partial charge in [0.1, 0.15) is 0 Å². The maximum Gasteiger partial charge on any atom is 0.295 e. The van der Waals surface area contributed by atoms with Crippen LogP contribution in [0.3, 0.4) is 0 Å². The third kappa shape index (κ3) is 4.35. The Balaban J connectivity index is 1.76. The molecule has 0 spiro atoms. The summed E-state index contributed by atoms with van der Waals surface area (Å²) in [7, 11) is 0. The SMILES string of the molecule is Cc1ccc(-n2nc(C(=O)Nc3cccc([N+](=O)[O-])c3)nc2-c2ccc(Cl)cc2)c(C)c1. The zero-order valence-electron chi connectivity index (χ0n) is 17.2. The van der Waals surface area contributed by atoms with Gasteiger partial charge in [-0.25, -0.2) is 9.67 Å². The fourth-order valence-electron chi connectivity index (χ4n) is 3.29. The van der Waals surface area contributed by atoms with Gasteiger partial charge in [-0.1, -0.05) is 35.4 Å². The van der Waals surface area contributed by atoms with Crippen molar-refractivity contribution in [3.8, 4) is 17.1 Å². The van der Waals surface area contributed by atoms with Crippen LogP contribution < -0.4 is 5.32 Å². The highest BCUT2D eigenvalue weighted by molar-refractivity contribution is 6.30. The van der Waals surface area contributed by atoms with Crippen LogP contribution in [0, 0.1) is 24.0 Å². The van der Waals surface area contributed by atoms with E-state index in [1.54, 1.807) is 35.0 Å².